The van der Waals surface area contributed by atoms with E-state index in [2.05, 4.69) is 18.7 Å². The van der Waals surface area contributed by atoms with Crippen LogP contribution in [0.15, 0.2) is 0 Å². The second-order valence-corrected chi connectivity index (χ2v) is 4.53. The molecule has 0 aromatic heterocycles. The fourth-order valence-corrected chi connectivity index (χ4v) is 2.31. The molecule has 88 valence electrons. The van der Waals surface area contributed by atoms with E-state index in [9.17, 15) is 4.79 Å². The van der Waals surface area contributed by atoms with Gasteiger partial charge in [0.05, 0.1) is 6.61 Å². The first-order valence-electron chi connectivity index (χ1n) is 6.00. The smallest absolute Gasteiger partial charge is 0.323 e. The molecule has 0 aromatic rings. The first kappa shape index (κ1) is 12.5. The van der Waals surface area contributed by atoms with Crippen molar-refractivity contribution >= 4 is 5.97 Å². The molecule has 3 atom stereocenters. The molecule has 0 spiro atoms. The molecule has 15 heavy (non-hydrogen) atoms. The van der Waals surface area contributed by atoms with Crippen LogP contribution in [-0.2, 0) is 9.53 Å². The maximum atomic E-state index is 11.6. The third kappa shape index (κ3) is 2.94. The fourth-order valence-electron chi connectivity index (χ4n) is 2.31. The highest BCUT2D eigenvalue weighted by molar-refractivity contribution is 5.75. The van der Waals surface area contributed by atoms with Gasteiger partial charge in [-0.2, -0.15) is 0 Å². The van der Waals surface area contributed by atoms with E-state index in [1.165, 1.54) is 12.8 Å². The molecule has 1 saturated heterocycles. The molecule has 1 heterocycles. The summed E-state index contributed by atoms with van der Waals surface area (Å²) in [6, 6.07) is 0.390. The molecule has 0 N–H and O–H groups in total. The summed E-state index contributed by atoms with van der Waals surface area (Å²) in [4.78, 5) is 13.9. The normalized spacial score (nSPS) is 29.9. The van der Waals surface area contributed by atoms with E-state index in [4.69, 9.17) is 4.74 Å². The molecule has 3 unspecified atom stereocenters. The molecule has 1 aliphatic rings. The zero-order valence-electron chi connectivity index (χ0n) is 10.3. The van der Waals surface area contributed by atoms with Crippen LogP contribution in [0.1, 0.15) is 40.5 Å². The summed E-state index contributed by atoms with van der Waals surface area (Å²) in [5.41, 5.74) is 0. The Hall–Kier alpha value is -0.570. The van der Waals surface area contributed by atoms with Gasteiger partial charge < -0.3 is 4.74 Å². The van der Waals surface area contributed by atoms with E-state index in [1.807, 2.05) is 13.8 Å². The Labute approximate surface area is 92.8 Å². The van der Waals surface area contributed by atoms with Crippen LogP contribution < -0.4 is 0 Å². The summed E-state index contributed by atoms with van der Waals surface area (Å²) in [6.07, 6.45) is 2.46. The van der Waals surface area contributed by atoms with Gasteiger partial charge in [-0.05, 0) is 46.1 Å². The van der Waals surface area contributed by atoms with E-state index in [0.717, 1.165) is 6.54 Å². The predicted molar refractivity (Wildman–Crippen MR) is 60.7 cm³/mol. The highest BCUT2D eigenvalue weighted by Gasteiger charge is 2.31. The fraction of sp³-hybridized carbons (Fsp3) is 0.917. The molecule has 0 aromatic carbocycles. The Bertz CT molecular complexity index is 218. The molecule has 0 amide bonds. The first-order chi connectivity index (χ1) is 7.07. The summed E-state index contributed by atoms with van der Waals surface area (Å²) in [5, 5.41) is 0. The highest BCUT2D eigenvalue weighted by Crippen LogP contribution is 2.24. The van der Waals surface area contributed by atoms with Gasteiger partial charge in [0.2, 0.25) is 0 Å². The number of likely N-dealkylation sites (tertiary alicyclic amines) is 1. The van der Waals surface area contributed by atoms with E-state index in [1.54, 1.807) is 0 Å². The van der Waals surface area contributed by atoms with Crippen molar-refractivity contribution in [2.45, 2.75) is 52.6 Å². The molecular formula is C12H23NO2. The van der Waals surface area contributed by atoms with Crippen molar-refractivity contribution in [2.75, 3.05) is 13.2 Å². The molecule has 0 saturated carbocycles. The van der Waals surface area contributed by atoms with E-state index in [0.29, 0.717) is 18.6 Å². The topological polar surface area (TPSA) is 29.5 Å². The summed E-state index contributed by atoms with van der Waals surface area (Å²) in [7, 11) is 0. The molecule has 0 bridgehead atoms. The van der Waals surface area contributed by atoms with Gasteiger partial charge in [0.15, 0.2) is 0 Å². The summed E-state index contributed by atoms with van der Waals surface area (Å²) < 4.78 is 5.06. The summed E-state index contributed by atoms with van der Waals surface area (Å²) >= 11 is 0. The molecule has 3 heteroatoms. The van der Waals surface area contributed by atoms with Gasteiger partial charge in [0, 0.05) is 6.04 Å². The second kappa shape index (κ2) is 5.50. The van der Waals surface area contributed by atoms with Crippen molar-refractivity contribution in [1.82, 2.24) is 4.90 Å². The van der Waals surface area contributed by atoms with Crippen molar-refractivity contribution in [1.29, 1.82) is 0 Å². The van der Waals surface area contributed by atoms with Gasteiger partial charge in [-0.25, -0.2) is 0 Å². The van der Waals surface area contributed by atoms with Crippen LogP contribution in [0.5, 0.6) is 0 Å². The van der Waals surface area contributed by atoms with Gasteiger partial charge in [-0.3, -0.25) is 9.69 Å². The third-order valence-electron chi connectivity index (χ3n) is 3.55. The van der Waals surface area contributed by atoms with Crippen molar-refractivity contribution in [3.63, 3.8) is 0 Å². The molecule has 3 nitrogen and oxygen atoms in total. The van der Waals surface area contributed by atoms with Crippen molar-refractivity contribution < 1.29 is 9.53 Å². The van der Waals surface area contributed by atoms with Crippen LogP contribution in [0.2, 0.25) is 0 Å². The zero-order valence-corrected chi connectivity index (χ0v) is 10.3. The lowest BCUT2D eigenvalue weighted by molar-refractivity contribution is -0.150. The van der Waals surface area contributed by atoms with E-state index >= 15 is 0 Å². The Morgan fingerprint density at radius 1 is 1.53 bits per heavy atom. The van der Waals surface area contributed by atoms with Gasteiger partial charge in [0.1, 0.15) is 6.04 Å². The maximum Gasteiger partial charge on any atom is 0.323 e. The zero-order chi connectivity index (χ0) is 11.4. The van der Waals surface area contributed by atoms with Crippen molar-refractivity contribution in [2.24, 2.45) is 5.92 Å². The average Bonchev–Trinajstić information content (AvgIpc) is 2.21. The van der Waals surface area contributed by atoms with Crippen molar-refractivity contribution in [3.05, 3.63) is 0 Å². The predicted octanol–water partition coefficient (Wildman–Crippen LogP) is 2.06. The van der Waals surface area contributed by atoms with Crippen LogP contribution in [0.25, 0.3) is 0 Å². The monoisotopic (exact) mass is 213 g/mol. The van der Waals surface area contributed by atoms with E-state index in [-0.39, 0.29) is 12.0 Å². The molecule has 1 aliphatic heterocycles. The van der Waals surface area contributed by atoms with Crippen LogP contribution in [0.3, 0.4) is 0 Å². The minimum Gasteiger partial charge on any atom is -0.465 e. The Balaban J connectivity index is 2.57. The van der Waals surface area contributed by atoms with Gasteiger partial charge in [-0.1, -0.05) is 6.92 Å². The first-order valence-corrected chi connectivity index (χ1v) is 6.00. The molecule has 0 radical (unpaired) electrons. The summed E-state index contributed by atoms with van der Waals surface area (Å²) in [5.74, 6) is 0.592. The van der Waals surface area contributed by atoms with Gasteiger partial charge in [-0.15, -0.1) is 0 Å². The SMILES string of the molecule is CCOC(=O)C(C)N1CCCC(C)C1C. The summed E-state index contributed by atoms with van der Waals surface area (Å²) in [6.45, 7) is 9.76. The number of esters is 1. The number of carbonyl (C=O) groups is 1. The quantitative estimate of drug-likeness (QED) is 0.672. The minimum atomic E-state index is -0.0947. The molecular weight excluding hydrogens is 190 g/mol. The molecule has 1 fully saturated rings. The Kier molecular flexibility index (Phi) is 4.58. The molecule has 0 aliphatic carbocycles. The number of nitrogens with zero attached hydrogens (tertiary/aromatic N) is 1. The van der Waals surface area contributed by atoms with Gasteiger partial charge >= 0.3 is 5.97 Å². The lowest BCUT2D eigenvalue weighted by Gasteiger charge is -2.40. The number of ether oxygens (including phenoxy) is 1. The van der Waals surface area contributed by atoms with Gasteiger partial charge in [0.25, 0.3) is 0 Å². The Morgan fingerprint density at radius 3 is 2.80 bits per heavy atom. The average molecular weight is 213 g/mol. The highest BCUT2D eigenvalue weighted by atomic mass is 16.5. The minimum absolute atomic E-state index is 0.0848. The lowest BCUT2D eigenvalue weighted by atomic mass is 9.91. The van der Waals surface area contributed by atoms with Crippen LogP contribution in [0.4, 0.5) is 0 Å². The number of rotatable bonds is 3. The van der Waals surface area contributed by atoms with Crippen molar-refractivity contribution in [3.8, 4) is 0 Å². The Morgan fingerprint density at radius 2 is 2.20 bits per heavy atom. The number of hydrogen-bond acceptors (Lipinski definition) is 3. The van der Waals surface area contributed by atoms with Crippen LogP contribution in [-0.4, -0.2) is 36.1 Å². The number of carbonyl (C=O) groups excluding carboxylic acids is 1. The third-order valence-corrected chi connectivity index (χ3v) is 3.55. The number of hydrogen-bond donors (Lipinski definition) is 0. The van der Waals surface area contributed by atoms with E-state index < -0.39 is 0 Å². The second-order valence-electron chi connectivity index (χ2n) is 4.53. The molecule has 1 rings (SSSR count). The maximum absolute atomic E-state index is 11.6. The van der Waals surface area contributed by atoms with Crippen LogP contribution >= 0.6 is 0 Å². The van der Waals surface area contributed by atoms with Crippen LogP contribution in [0, 0.1) is 5.92 Å². The standard InChI is InChI=1S/C12H23NO2/c1-5-15-12(14)11(4)13-8-6-7-9(2)10(13)3/h9-11H,5-8H2,1-4H3. The number of piperidine rings is 1. The lowest BCUT2D eigenvalue weighted by Crippen LogP contribution is -2.50. The largest absolute Gasteiger partial charge is 0.465 e.